The average Bonchev–Trinajstić information content (AvgIpc) is 2.67. The number of carbonyl (C=O) groups excluding carboxylic acids is 2. The molecule has 0 aliphatic heterocycles. The standard InChI is InChI=1S/C21H27N3O3.ClH/c1-3-14-24(21(26)13-12-16-8-4-5-9-17(16)22)15-20(25)23-18-10-6-7-11-19(18)27-2;/h4-11H,3,12-15,22H2,1-2H3,(H,23,25);1H. The molecule has 0 radical (unpaired) electrons. The van der Waals surface area contributed by atoms with Crippen molar-refractivity contribution in [3.05, 3.63) is 54.1 Å². The van der Waals surface area contributed by atoms with E-state index in [1.807, 2.05) is 43.3 Å². The Morgan fingerprint density at radius 2 is 1.79 bits per heavy atom. The zero-order chi connectivity index (χ0) is 19.6. The molecule has 3 N–H and O–H groups in total. The van der Waals surface area contributed by atoms with Gasteiger partial charge in [0.05, 0.1) is 19.3 Å². The Kier molecular flexibility index (Phi) is 9.88. The van der Waals surface area contributed by atoms with E-state index >= 15 is 0 Å². The molecule has 0 saturated heterocycles. The highest BCUT2D eigenvalue weighted by Crippen LogP contribution is 2.23. The number of methoxy groups -OCH3 is 1. The van der Waals surface area contributed by atoms with Crippen molar-refractivity contribution in [3.63, 3.8) is 0 Å². The summed E-state index contributed by atoms with van der Waals surface area (Å²) in [5, 5.41) is 2.81. The van der Waals surface area contributed by atoms with Gasteiger partial charge in [-0.1, -0.05) is 37.3 Å². The topological polar surface area (TPSA) is 84.7 Å². The number of benzene rings is 2. The Hall–Kier alpha value is -2.73. The van der Waals surface area contributed by atoms with Crippen LogP contribution in [0.25, 0.3) is 0 Å². The fraction of sp³-hybridized carbons (Fsp3) is 0.333. The third-order valence-corrected chi connectivity index (χ3v) is 4.23. The minimum absolute atomic E-state index is 0. The van der Waals surface area contributed by atoms with Crippen LogP contribution < -0.4 is 15.8 Å². The molecule has 0 unspecified atom stereocenters. The van der Waals surface area contributed by atoms with Gasteiger partial charge in [0, 0.05) is 18.7 Å². The molecule has 0 atom stereocenters. The van der Waals surface area contributed by atoms with Gasteiger partial charge >= 0.3 is 0 Å². The van der Waals surface area contributed by atoms with Crippen molar-refractivity contribution in [2.45, 2.75) is 26.2 Å². The van der Waals surface area contributed by atoms with E-state index < -0.39 is 0 Å². The number of amides is 2. The van der Waals surface area contributed by atoms with Crippen LogP contribution in [0.15, 0.2) is 48.5 Å². The molecule has 0 heterocycles. The molecule has 0 bridgehead atoms. The van der Waals surface area contributed by atoms with Gasteiger partial charge in [-0.25, -0.2) is 0 Å². The molecule has 6 nitrogen and oxygen atoms in total. The minimum atomic E-state index is -0.250. The fourth-order valence-corrected chi connectivity index (χ4v) is 2.83. The molecule has 0 aliphatic carbocycles. The maximum absolute atomic E-state index is 12.6. The number of nitrogens with one attached hydrogen (secondary N) is 1. The number of carbonyl (C=O) groups is 2. The number of rotatable bonds is 9. The van der Waals surface area contributed by atoms with Crippen molar-refractivity contribution in [1.29, 1.82) is 0 Å². The molecule has 2 aromatic rings. The van der Waals surface area contributed by atoms with Crippen LogP contribution in [0.5, 0.6) is 5.75 Å². The Morgan fingerprint density at radius 3 is 2.46 bits per heavy atom. The predicted molar refractivity (Wildman–Crippen MR) is 115 cm³/mol. The van der Waals surface area contributed by atoms with Crippen LogP contribution >= 0.6 is 12.4 Å². The maximum Gasteiger partial charge on any atom is 0.244 e. The molecule has 0 saturated carbocycles. The summed E-state index contributed by atoms with van der Waals surface area (Å²) in [6.45, 7) is 2.52. The number of nitrogen functional groups attached to an aromatic ring is 1. The predicted octanol–water partition coefficient (Wildman–Crippen LogP) is 3.51. The number of anilines is 2. The lowest BCUT2D eigenvalue weighted by Crippen LogP contribution is -2.38. The van der Waals surface area contributed by atoms with Gasteiger partial charge in [0.2, 0.25) is 11.8 Å². The Labute approximate surface area is 172 Å². The van der Waals surface area contributed by atoms with Gasteiger partial charge < -0.3 is 20.7 Å². The van der Waals surface area contributed by atoms with Gasteiger partial charge in [-0.05, 0) is 36.6 Å². The van der Waals surface area contributed by atoms with Crippen molar-refractivity contribution in [2.24, 2.45) is 0 Å². The maximum atomic E-state index is 12.6. The number of para-hydroxylation sites is 3. The van der Waals surface area contributed by atoms with E-state index in [2.05, 4.69) is 5.32 Å². The molecule has 28 heavy (non-hydrogen) atoms. The summed E-state index contributed by atoms with van der Waals surface area (Å²) in [5.74, 6) is 0.273. The lowest BCUT2D eigenvalue weighted by Gasteiger charge is -2.22. The summed E-state index contributed by atoms with van der Waals surface area (Å²) in [6, 6.07) is 14.7. The lowest BCUT2D eigenvalue weighted by atomic mass is 10.1. The zero-order valence-corrected chi connectivity index (χ0v) is 17.1. The van der Waals surface area contributed by atoms with Crippen LogP contribution in [0.1, 0.15) is 25.3 Å². The number of nitrogens with zero attached hydrogens (tertiary/aromatic N) is 1. The summed E-state index contributed by atoms with van der Waals surface area (Å²) >= 11 is 0. The third-order valence-electron chi connectivity index (χ3n) is 4.23. The van der Waals surface area contributed by atoms with E-state index in [0.29, 0.717) is 36.5 Å². The Bertz CT molecular complexity index is 783. The van der Waals surface area contributed by atoms with Crippen molar-refractivity contribution in [2.75, 3.05) is 31.2 Å². The van der Waals surface area contributed by atoms with Crippen LogP contribution in [0.4, 0.5) is 11.4 Å². The summed E-state index contributed by atoms with van der Waals surface area (Å²) in [4.78, 5) is 26.6. The summed E-state index contributed by atoms with van der Waals surface area (Å²) < 4.78 is 5.24. The zero-order valence-electron chi connectivity index (χ0n) is 16.3. The molecule has 0 fully saturated rings. The molecule has 0 aromatic heterocycles. The molecular weight excluding hydrogens is 378 g/mol. The van der Waals surface area contributed by atoms with E-state index in [1.54, 1.807) is 24.1 Å². The number of ether oxygens (including phenoxy) is 1. The Morgan fingerprint density at radius 1 is 1.11 bits per heavy atom. The number of halogens is 1. The highest BCUT2D eigenvalue weighted by atomic mass is 35.5. The first-order chi connectivity index (χ1) is 13.0. The van der Waals surface area contributed by atoms with E-state index in [4.69, 9.17) is 10.5 Å². The smallest absolute Gasteiger partial charge is 0.244 e. The van der Waals surface area contributed by atoms with Gasteiger partial charge in [0.15, 0.2) is 0 Å². The number of nitrogens with two attached hydrogens (primary N) is 1. The Balaban J connectivity index is 0.00000392. The third kappa shape index (κ3) is 6.78. The lowest BCUT2D eigenvalue weighted by molar-refractivity contribution is -0.134. The van der Waals surface area contributed by atoms with E-state index in [0.717, 1.165) is 12.0 Å². The van der Waals surface area contributed by atoms with E-state index in [-0.39, 0.29) is 30.8 Å². The quantitative estimate of drug-likeness (QED) is 0.625. The highest BCUT2D eigenvalue weighted by Gasteiger charge is 2.17. The molecule has 2 aromatic carbocycles. The first-order valence-electron chi connectivity index (χ1n) is 9.09. The second-order valence-corrected chi connectivity index (χ2v) is 6.26. The first-order valence-corrected chi connectivity index (χ1v) is 9.09. The second-order valence-electron chi connectivity index (χ2n) is 6.26. The summed E-state index contributed by atoms with van der Waals surface area (Å²) in [7, 11) is 1.55. The molecule has 152 valence electrons. The van der Waals surface area contributed by atoms with Crippen LogP contribution in [0.2, 0.25) is 0 Å². The van der Waals surface area contributed by atoms with Crippen LogP contribution in [0.3, 0.4) is 0 Å². The number of hydrogen-bond acceptors (Lipinski definition) is 4. The molecule has 2 amide bonds. The van der Waals surface area contributed by atoms with Gasteiger partial charge in [-0.15, -0.1) is 12.4 Å². The molecule has 2 rings (SSSR count). The molecule has 0 spiro atoms. The molecule has 7 heteroatoms. The van der Waals surface area contributed by atoms with Gasteiger partial charge in [-0.2, -0.15) is 0 Å². The largest absolute Gasteiger partial charge is 0.495 e. The summed E-state index contributed by atoms with van der Waals surface area (Å²) in [5.41, 5.74) is 8.15. The number of aryl methyl sites for hydroxylation is 1. The van der Waals surface area contributed by atoms with Crippen LogP contribution in [-0.4, -0.2) is 36.9 Å². The first kappa shape index (κ1) is 23.3. The van der Waals surface area contributed by atoms with Gasteiger partial charge in [-0.3, -0.25) is 9.59 Å². The monoisotopic (exact) mass is 405 g/mol. The van der Waals surface area contributed by atoms with Gasteiger partial charge in [0.25, 0.3) is 0 Å². The van der Waals surface area contributed by atoms with Crippen molar-refractivity contribution >= 4 is 35.6 Å². The second kappa shape index (κ2) is 11.9. The van der Waals surface area contributed by atoms with E-state index in [9.17, 15) is 9.59 Å². The summed E-state index contributed by atoms with van der Waals surface area (Å²) in [6.07, 6.45) is 1.65. The van der Waals surface area contributed by atoms with Crippen molar-refractivity contribution < 1.29 is 14.3 Å². The van der Waals surface area contributed by atoms with E-state index in [1.165, 1.54) is 0 Å². The van der Waals surface area contributed by atoms with Gasteiger partial charge in [0.1, 0.15) is 5.75 Å². The van der Waals surface area contributed by atoms with Crippen LogP contribution in [0, 0.1) is 0 Å². The number of hydrogen-bond donors (Lipinski definition) is 2. The van der Waals surface area contributed by atoms with Crippen LogP contribution in [-0.2, 0) is 16.0 Å². The normalized spacial score (nSPS) is 9.93. The fourth-order valence-electron chi connectivity index (χ4n) is 2.83. The van der Waals surface area contributed by atoms with Crippen molar-refractivity contribution in [3.8, 4) is 5.75 Å². The SMILES string of the molecule is CCCN(CC(=O)Nc1ccccc1OC)C(=O)CCc1ccccc1N.Cl. The highest BCUT2D eigenvalue weighted by molar-refractivity contribution is 5.95. The minimum Gasteiger partial charge on any atom is -0.495 e. The molecular formula is C21H28ClN3O3. The average molecular weight is 406 g/mol. The van der Waals surface area contributed by atoms with Crippen molar-refractivity contribution in [1.82, 2.24) is 4.90 Å². The molecule has 0 aliphatic rings.